The molecule has 0 bridgehead atoms. The second-order valence-electron chi connectivity index (χ2n) is 3.38. The van der Waals surface area contributed by atoms with Crippen molar-refractivity contribution >= 4 is 6.03 Å². The lowest BCUT2D eigenvalue weighted by Gasteiger charge is -2.26. The first-order chi connectivity index (χ1) is 5.20. The van der Waals surface area contributed by atoms with Crippen molar-refractivity contribution in [1.82, 2.24) is 10.2 Å². The molecule has 0 spiro atoms. The highest BCUT2D eigenvalue weighted by Gasteiger charge is 2.17. The number of carbonyl (C=O) groups is 1. The van der Waals surface area contributed by atoms with Gasteiger partial charge in [0, 0.05) is 20.6 Å². The first-order valence-electron chi connectivity index (χ1n) is 4.15. The van der Waals surface area contributed by atoms with Crippen molar-refractivity contribution in [3.05, 3.63) is 0 Å². The maximum absolute atomic E-state index is 11.0. The van der Waals surface area contributed by atoms with Crippen molar-refractivity contribution in [1.29, 1.82) is 0 Å². The van der Waals surface area contributed by atoms with Gasteiger partial charge in [0.25, 0.3) is 0 Å². The van der Waals surface area contributed by atoms with Crippen molar-refractivity contribution in [2.75, 3.05) is 20.6 Å². The maximum atomic E-state index is 11.0. The van der Waals surface area contributed by atoms with Crippen LogP contribution in [0.5, 0.6) is 0 Å². The second-order valence-corrected chi connectivity index (χ2v) is 3.38. The molecule has 1 rings (SSSR count). The Morgan fingerprint density at radius 2 is 2.18 bits per heavy atom. The van der Waals surface area contributed by atoms with Gasteiger partial charge in [-0.1, -0.05) is 6.42 Å². The van der Waals surface area contributed by atoms with E-state index in [2.05, 4.69) is 5.32 Å². The summed E-state index contributed by atoms with van der Waals surface area (Å²) >= 11 is 0. The van der Waals surface area contributed by atoms with Crippen LogP contribution in [0.25, 0.3) is 0 Å². The molecule has 11 heavy (non-hydrogen) atoms. The molecular weight excluding hydrogens is 140 g/mol. The number of nitrogens with one attached hydrogen (secondary N) is 1. The smallest absolute Gasteiger partial charge is 0.316 e. The molecule has 0 saturated heterocycles. The van der Waals surface area contributed by atoms with Crippen LogP contribution in [-0.4, -0.2) is 31.6 Å². The number of carbonyl (C=O) groups excluding carboxylic acids is 1. The topological polar surface area (TPSA) is 32.3 Å². The van der Waals surface area contributed by atoms with Gasteiger partial charge >= 0.3 is 6.03 Å². The molecule has 3 nitrogen and oxygen atoms in total. The van der Waals surface area contributed by atoms with Crippen LogP contribution in [0.2, 0.25) is 0 Å². The standard InChI is InChI=1S/C8H16N2O/c1-10(2)8(11)9-6-7-4-3-5-7/h7H,3-6H2,1-2H3,(H,9,11). The van der Waals surface area contributed by atoms with Crippen LogP contribution >= 0.6 is 0 Å². The highest BCUT2D eigenvalue weighted by Crippen LogP contribution is 2.24. The molecule has 0 atom stereocenters. The monoisotopic (exact) mass is 156 g/mol. The molecule has 1 aliphatic rings. The molecule has 0 radical (unpaired) electrons. The van der Waals surface area contributed by atoms with Gasteiger partial charge in [0.15, 0.2) is 0 Å². The normalized spacial score (nSPS) is 17.3. The molecule has 3 heteroatoms. The third-order valence-corrected chi connectivity index (χ3v) is 2.17. The Labute approximate surface area is 67.8 Å². The number of hydrogen-bond acceptors (Lipinski definition) is 1. The predicted molar refractivity (Wildman–Crippen MR) is 44.4 cm³/mol. The van der Waals surface area contributed by atoms with E-state index in [1.165, 1.54) is 19.3 Å². The van der Waals surface area contributed by atoms with E-state index in [4.69, 9.17) is 0 Å². The third-order valence-electron chi connectivity index (χ3n) is 2.17. The molecule has 1 aliphatic carbocycles. The average molecular weight is 156 g/mol. The van der Waals surface area contributed by atoms with Gasteiger partial charge in [0.1, 0.15) is 0 Å². The quantitative estimate of drug-likeness (QED) is 0.637. The van der Waals surface area contributed by atoms with Gasteiger partial charge in [-0.25, -0.2) is 4.79 Å². The molecule has 0 aromatic rings. The molecular formula is C8H16N2O. The van der Waals surface area contributed by atoms with Crippen LogP contribution in [0.1, 0.15) is 19.3 Å². The van der Waals surface area contributed by atoms with Crippen LogP contribution in [-0.2, 0) is 0 Å². The zero-order valence-corrected chi connectivity index (χ0v) is 7.26. The van der Waals surface area contributed by atoms with Crippen LogP contribution < -0.4 is 5.32 Å². The second kappa shape index (κ2) is 3.60. The minimum Gasteiger partial charge on any atom is -0.338 e. The lowest BCUT2D eigenvalue weighted by Crippen LogP contribution is -2.38. The van der Waals surface area contributed by atoms with Crippen molar-refractivity contribution in [3.63, 3.8) is 0 Å². The fraction of sp³-hybridized carbons (Fsp3) is 0.875. The zero-order chi connectivity index (χ0) is 8.27. The first-order valence-corrected chi connectivity index (χ1v) is 4.15. The fourth-order valence-electron chi connectivity index (χ4n) is 1.09. The highest BCUT2D eigenvalue weighted by molar-refractivity contribution is 5.73. The Morgan fingerprint density at radius 1 is 1.55 bits per heavy atom. The van der Waals surface area contributed by atoms with Crippen molar-refractivity contribution in [3.8, 4) is 0 Å². The summed E-state index contributed by atoms with van der Waals surface area (Å²) in [4.78, 5) is 12.6. The van der Waals surface area contributed by atoms with Crippen molar-refractivity contribution in [2.45, 2.75) is 19.3 Å². The number of rotatable bonds is 2. The number of urea groups is 1. The Balaban J connectivity index is 2.06. The van der Waals surface area contributed by atoms with E-state index in [-0.39, 0.29) is 6.03 Å². The van der Waals surface area contributed by atoms with E-state index >= 15 is 0 Å². The van der Waals surface area contributed by atoms with Gasteiger partial charge in [-0.3, -0.25) is 0 Å². The summed E-state index contributed by atoms with van der Waals surface area (Å²) in [7, 11) is 3.52. The van der Waals surface area contributed by atoms with Crippen LogP contribution in [0.3, 0.4) is 0 Å². The SMILES string of the molecule is CN(C)C(=O)NCC1CCC1. The summed E-state index contributed by atoms with van der Waals surface area (Å²) in [5.74, 6) is 0.749. The van der Waals surface area contributed by atoms with E-state index in [1.54, 1.807) is 19.0 Å². The summed E-state index contributed by atoms with van der Waals surface area (Å²) in [6.45, 7) is 0.858. The third kappa shape index (κ3) is 2.41. The molecule has 0 unspecified atom stereocenters. The average Bonchev–Trinajstić information content (AvgIpc) is 1.83. The van der Waals surface area contributed by atoms with Gasteiger partial charge in [-0.2, -0.15) is 0 Å². The van der Waals surface area contributed by atoms with Crippen LogP contribution in [0.15, 0.2) is 0 Å². The zero-order valence-electron chi connectivity index (χ0n) is 7.26. The van der Waals surface area contributed by atoms with E-state index in [0.717, 1.165) is 12.5 Å². The summed E-state index contributed by atoms with van der Waals surface area (Å²) in [6, 6.07) is 0.0249. The van der Waals surface area contributed by atoms with Gasteiger partial charge in [0.2, 0.25) is 0 Å². The number of hydrogen-bond donors (Lipinski definition) is 1. The summed E-state index contributed by atoms with van der Waals surface area (Å²) < 4.78 is 0. The lowest BCUT2D eigenvalue weighted by molar-refractivity contribution is 0.210. The van der Waals surface area contributed by atoms with Gasteiger partial charge < -0.3 is 10.2 Å². The molecule has 0 aliphatic heterocycles. The molecule has 2 amide bonds. The largest absolute Gasteiger partial charge is 0.338 e. The van der Waals surface area contributed by atoms with E-state index in [9.17, 15) is 4.79 Å². The summed E-state index contributed by atoms with van der Waals surface area (Å²) in [5.41, 5.74) is 0. The van der Waals surface area contributed by atoms with E-state index < -0.39 is 0 Å². The van der Waals surface area contributed by atoms with Gasteiger partial charge in [0.05, 0.1) is 0 Å². The van der Waals surface area contributed by atoms with Gasteiger partial charge in [-0.15, -0.1) is 0 Å². The first kappa shape index (κ1) is 8.37. The molecule has 64 valence electrons. The molecule has 1 N–H and O–H groups in total. The fourth-order valence-corrected chi connectivity index (χ4v) is 1.09. The van der Waals surface area contributed by atoms with Crippen LogP contribution in [0.4, 0.5) is 4.79 Å². The predicted octanol–water partition coefficient (Wildman–Crippen LogP) is 1.06. The van der Waals surface area contributed by atoms with E-state index in [1.807, 2.05) is 0 Å². The summed E-state index contributed by atoms with van der Waals surface area (Å²) in [6.07, 6.45) is 3.91. The number of amides is 2. The van der Waals surface area contributed by atoms with Crippen molar-refractivity contribution < 1.29 is 4.79 Å². The molecule has 1 fully saturated rings. The molecule has 0 aromatic heterocycles. The Hall–Kier alpha value is -0.730. The Bertz CT molecular complexity index is 141. The molecule has 0 heterocycles. The number of nitrogens with zero attached hydrogens (tertiary/aromatic N) is 1. The highest BCUT2D eigenvalue weighted by atomic mass is 16.2. The Kier molecular flexibility index (Phi) is 2.74. The minimum atomic E-state index is 0.0249. The molecule has 0 aromatic carbocycles. The van der Waals surface area contributed by atoms with Crippen LogP contribution in [0, 0.1) is 5.92 Å². The van der Waals surface area contributed by atoms with Crippen molar-refractivity contribution in [2.24, 2.45) is 5.92 Å². The minimum absolute atomic E-state index is 0.0249. The van der Waals surface area contributed by atoms with Gasteiger partial charge in [-0.05, 0) is 18.8 Å². The maximum Gasteiger partial charge on any atom is 0.316 e. The molecule has 1 saturated carbocycles. The lowest BCUT2D eigenvalue weighted by atomic mass is 9.85. The Morgan fingerprint density at radius 3 is 2.55 bits per heavy atom. The van der Waals surface area contributed by atoms with E-state index in [0.29, 0.717) is 0 Å². The summed E-state index contributed by atoms with van der Waals surface area (Å²) in [5, 5.41) is 2.87.